The first kappa shape index (κ1) is 13.7. The highest BCUT2D eigenvalue weighted by Gasteiger charge is 2.28. The Labute approximate surface area is 126 Å². The normalized spacial score (nSPS) is 14.0. The SMILES string of the molecule is O=C(O)c1ccccc1NC(=O)c1cc(Cl)cn1C1CC1. The van der Waals surface area contributed by atoms with Gasteiger partial charge in [-0.3, -0.25) is 4.79 Å². The van der Waals surface area contributed by atoms with Gasteiger partial charge in [0.05, 0.1) is 16.3 Å². The van der Waals surface area contributed by atoms with E-state index in [1.165, 1.54) is 6.07 Å². The van der Waals surface area contributed by atoms with E-state index in [2.05, 4.69) is 5.32 Å². The Morgan fingerprint density at radius 2 is 2.00 bits per heavy atom. The number of nitrogens with zero attached hydrogens (tertiary/aromatic N) is 1. The predicted octanol–water partition coefficient (Wildman–Crippen LogP) is 3.43. The summed E-state index contributed by atoms with van der Waals surface area (Å²) in [5.74, 6) is -1.44. The van der Waals surface area contributed by atoms with E-state index < -0.39 is 5.97 Å². The van der Waals surface area contributed by atoms with E-state index in [0.717, 1.165) is 12.8 Å². The lowest BCUT2D eigenvalue weighted by Gasteiger charge is -2.10. The predicted molar refractivity (Wildman–Crippen MR) is 79.1 cm³/mol. The summed E-state index contributed by atoms with van der Waals surface area (Å²) in [5, 5.41) is 12.3. The van der Waals surface area contributed by atoms with Crippen molar-refractivity contribution in [3.63, 3.8) is 0 Å². The van der Waals surface area contributed by atoms with Gasteiger partial charge in [-0.25, -0.2) is 4.79 Å². The Balaban J connectivity index is 1.89. The average molecular weight is 305 g/mol. The summed E-state index contributed by atoms with van der Waals surface area (Å²) in [6.45, 7) is 0. The number of hydrogen-bond acceptors (Lipinski definition) is 2. The summed E-state index contributed by atoms with van der Waals surface area (Å²) in [6.07, 6.45) is 3.78. The van der Waals surface area contributed by atoms with Crippen LogP contribution in [0.1, 0.15) is 39.7 Å². The Hall–Kier alpha value is -2.27. The highest BCUT2D eigenvalue weighted by Crippen LogP contribution is 2.37. The zero-order valence-electron chi connectivity index (χ0n) is 11.0. The van der Waals surface area contributed by atoms with E-state index in [1.807, 2.05) is 4.57 Å². The number of halogens is 1. The highest BCUT2D eigenvalue weighted by atomic mass is 35.5. The van der Waals surface area contributed by atoms with Gasteiger partial charge < -0.3 is 15.0 Å². The van der Waals surface area contributed by atoms with E-state index >= 15 is 0 Å². The summed E-state index contributed by atoms with van der Waals surface area (Å²) in [6, 6.07) is 8.21. The molecule has 0 atom stereocenters. The Morgan fingerprint density at radius 1 is 1.29 bits per heavy atom. The van der Waals surface area contributed by atoms with Crippen LogP contribution in [-0.2, 0) is 0 Å². The van der Waals surface area contributed by atoms with Crippen LogP contribution in [0.3, 0.4) is 0 Å². The highest BCUT2D eigenvalue weighted by molar-refractivity contribution is 6.31. The van der Waals surface area contributed by atoms with Crippen LogP contribution >= 0.6 is 11.6 Å². The maximum absolute atomic E-state index is 12.4. The lowest BCUT2D eigenvalue weighted by Crippen LogP contribution is -2.18. The maximum atomic E-state index is 12.4. The molecule has 0 spiro atoms. The number of hydrogen-bond donors (Lipinski definition) is 2. The van der Waals surface area contributed by atoms with Gasteiger partial charge >= 0.3 is 5.97 Å². The molecule has 108 valence electrons. The van der Waals surface area contributed by atoms with Crippen LogP contribution in [0.4, 0.5) is 5.69 Å². The van der Waals surface area contributed by atoms with Crippen LogP contribution in [0.15, 0.2) is 36.5 Å². The minimum atomic E-state index is -1.08. The van der Waals surface area contributed by atoms with Crippen molar-refractivity contribution in [1.29, 1.82) is 0 Å². The molecular formula is C15H13ClN2O3. The monoisotopic (exact) mass is 304 g/mol. The molecule has 1 aromatic heterocycles. The van der Waals surface area contributed by atoms with Gasteiger partial charge in [0.25, 0.3) is 5.91 Å². The fourth-order valence-corrected chi connectivity index (χ4v) is 2.46. The lowest BCUT2D eigenvalue weighted by atomic mass is 10.2. The Kier molecular flexibility index (Phi) is 3.43. The van der Waals surface area contributed by atoms with E-state index in [9.17, 15) is 9.59 Å². The number of para-hydroxylation sites is 1. The number of aromatic nitrogens is 1. The fourth-order valence-electron chi connectivity index (χ4n) is 2.25. The molecule has 1 heterocycles. The van der Waals surface area contributed by atoms with Crippen LogP contribution in [0.2, 0.25) is 5.02 Å². The van der Waals surface area contributed by atoms with E-state index in [4.69, 9.17) is 16.7 Å². The zero-order valence-corrected chi connectivity index (χ0v) is 11.8. The molecule has 0 radical (unpaired) electrons. The minimum absolute atomic E-state index is 0.0569. The van der Waals surface area contributed by atoms with Gasteiger partial charge in [0.2, 0.25) is 0 Å². The summed E-state index contributed by atoms with van der Waals surface area (Å²) in [5.41, 5.74) is 0.777. The third-order valence-corrected chi connectivity index (χ3v) is 3.60. The second kappa shape index (κ2) is 5.26. The van der Waals surface area contributed by atoms with Crippen LogP contribution in [0.25, 0.3) is 0 Å². The van der Waals surface area contributed by atoms with Gasteiger partial charge in [0.15, 0.2) is 0 Å². The number of carbonyl (C=O) groups is 2. The molecule has 2 N–H and O–H groups in total. The molecule has 0 unspecified atom stereocenters. The van der Waals surface area contributed by atoms with E-state index in [1.54, 1.807) is 30.5 Å². The number of benzene rings is 1. The molecule has 2 aromatic rings. The standard InChI is InChI=1S/C15H13ClN2O3/c16-9-7-13(18(8-9)10-5-6-10)14(19)17-12-4-2-1-3-11(12)15(20)21/h1-4,7-8,10H,5-6H2,(H,17,19)(H,20,21). The fraction of sp³-hybridized carbons (Fsp3) is 0.200. The van der Waals surface area contributed by atoms with Gasteiger partial charge in [0, 0.05) is 12.2 Å². The third kappa shape index (κ3) is 2.78. The van der Waals surface area contributed by atoms with Crippen LogP contribution in [-0.4, -0.2) is 21.6 Å². The second-order valence-electron chi connectivity index (χ2n) is 4.99. The smallest absolute Gasteiger partial charge is 0.337 e. The van der Waals surface area contributed by atoms with Crippen molar-refractivity contribution in [3.8, 4) is 0 Å². The molecular weight excluding hydrogens is 292 g/mol. The van der Waals surface area contributed by atoms with E-state index in [-0.39, 0.29) is 17.2 Å². The number of nitrogens with one attached hydrogen (secondary N) is 1. The maximum Gasteiger partial charge on any atom is 0.337 e. The Morgan fingerprint density at radius 3 is 2.67 bits per heavy atom. The van der Waals surface area contributed by atoms with Gasteiger partial charge in [-0.1, -0.05) is 23.7 Å². The van der Waals surface area contributed by atoms with Crippen LogP contribution in [0, 0.1) is 0 Å². The van der Waals surface area contributed by atoms with Crippen molar-refractivity contribution < 1.29 is 14.7 Å². The van der Waals surface area contributed by atoms with E-state index in [0.29, 0.717) is 16.8 Å². The Bertz CT molecular complexity index is 719. The molecule has 3 rings (SSSR count). The molecule has 1 amide bonds. The number of carboxylic acids is 1. The zero-order chi connectivity index (χ0) is 15.0. The summed E-state index contributed by atoms with van der Waals surface area (Å²) >= 11 is 5.97. The average Bonchev–Trinajstić information content (AvgIpc) is 3.21. The molecule has 21 heavy (non-hydrogen) atoms. The first-order valence-corrected chi connectivity index (χ1v) is 6.95. The summed E-state index contributed by atoms with van der Waals surface area (Å²) in [4.78, 5) is 23.5. The molecule has 1 aliphatic rings. The van der Waals surface area contributed by atoms with Crippen molar-refractivity contribution >= 4 is 29.2 Å². The number of rotatable bonds is 4. The van der Waals surface area contributed by atoms with Crippen molar-refractivity contribution in [2.45, 2.75) is 18.9 Å². The number of carboxylic acid groups (broad SMARTS) is 1. The van der Waals surface area contributed by atoms with Crippen molar-refractivity contribution in [2.24, 2.45) is 0 Å². The van der Waals surface area contributed by atoms with Gasteiger partial charge in [-0.2, -0.15) is 0 Å². The molecule has 1 saturated carbocycles. The lowest BCUT2D eigenvalue weighted by molar-refractivity contribution is 0.0698. The topological polar surface area (TPSA) is 71.3 Å². The third-order valence-electron chi connectivity index (χ3n) is 3.39. The molecule has 1 fully saturated rings. The number of carbonyl (C=O) groups excluding carboxylic acids is 1. The number of amides is 1. The minimum Gasteiger partial charge on any atom is -0.478 e. The van der Waals surface area contributed by atoms with Crippen molar-refractivity contribution in [3.05, 3.63) is 52.8 Å². The van der Waals surface area contributed by atoms with Crippen molar-refractivity contribution in [1.82, 2.24) is 4.57 Å². The quantitative estimate of drug-likeness (QED) is 0.909. The van der Waals surface area contributed by atoms with Gasteiger partial charge in [-0.15, -0.1) is 0 Å². The van der Waals surface area contributed by atoms with Gasteiger partial charge in [0.1, 0.15) is 5.69 Å². The first-order valence-electron chi connectivity index (χ1n) is 6.57. The first-order chi connectivity index (χ1) is 10.1. The summed E-state index contributed by atoms with van der Waals surface area (Å²) < 4.78 is 1.85. The molecule has 0 saturated heterocycles. The molecule has 0 aliphatic heterocycles. The van der Waals surface area contributed by atoms with Crippen LogP contribution < -0.4 is 5.32 Å². The largest absolute Gasteiger partial charge is 0.478 e. The summed E-state index contributed by atoms with van der Waals surface area (Å²) in [7, 11) is 0. The molecule has 0 bridgehead atoms. The molecule has 6 heteroatoms. The number of anilines is 1. The molecule has 1 aliphatic carbocycles. The molecule has 5 nitrogen and oxygen atoms in total. The molecule has 1 aromatic carbocycles. The van der Waals surface area contributed by atoms with Crippen LogP contribution in [0.5, 0.6) is 0 Å². The number of aromatic carboxylic acids is 1. The second-order valence-corrected chi connectivity index (χ2v) is 5.42. The van der Waals surface area contributed by atoms with Crippen molar-refractivity contribution in [2.75, 3.05) is 5.32 Å². The van der Waals surface area contributed by atoms with Gasteiger partial charge in [-0.05, 0) is 31.0 Å².